The zero-order valence-electron chi connectivity index (χ0n) is 14.5. The number of carbonyl (C=O) groups excluding carboxylic acids is 1. The Bertz CT molecular complexity index is 970. The van der Waals surface area contributed by atoms with Gasteiger partial charge < -0.3 is 4.90 Å². The van der Waals surface area contributed by atoms with E-state index >= 15 is 0 Å². The van der Waals surface area contributed by atoms with Crippen molar-refractivity contribution in [2.45, 2.75) is 11.8 Å². The SMILES string of the molecule is Cc1ccc(S(=O)(=O)N2CCN(C(=O)c3ccc(F)c(F)c3F)CC2)cc1. The van der Waals surface area contributed by atoms with Gasteiger partial charge in [0, 0.05) is 26.2 Å². The van der Waals surface area contributed by atoms with E-state index in [-0.39, 0.29) is 31.1 Å². The summed E-state index contributed by atoms with van der Waals surface area (Å²) in [7, 11) is -3.70. The van der Waals surface area contributed by atoms with Gasteiger partial charge in [-0.05, 0) is 31.2 Å². The molecule has 0 unspecified atom stereocenters. The van der Waals surface area contributed by atoms with E-state index in [9.17, 15) is 26.4 Å². The molecule has 0 atom stereocenters. The van der Waals surface area contributed by atoms with Crippen LogP contribution < -0.4 is 0 Å². The summed E-state index contributed by atoms with van der Waals surface area (Å²) in [5.74, 6) is -5.44. The van der Waals surface area contributed by atoms with Gasteiger partial charge in [0.15, 0.2) is 17.5 Å². The maximum absolute atomic E-state index is 13.8. The molecule has 1 aliphatic heterocycles. The van der Waals surface area contributed by atoms with E-state index in [0.717, 1.165) is 11.6 Å². The molecule has 5 nitrogen and oxygen atoms in total. The Labute approximate surface area is 155 Å². The number of sulfonamides is 1. The Morgan fingerprint density at radius 2 is 1.48 bits per heavy atom. The fraction of sp³-hybridized carbons (Fsp3) is 0.278. The highest BCUT2D eigenvalue weighted by Crippen LogP contribution is 2.21. The first-order chi connectivity index (χ1) is 12.7. The number of nitrogens with zero attached hydrogens (tertiary/aromatic N) is 2. The van der Waals surface area contributed by atoms with Crippen LogP contribution in [0, 0.1) is 24.4 Å². The Morgan fingerprint density at radius 1 is 0.889 bits per heavy atom. The number of carbonyl (C=O) groups is 1. The zero-order valence-corrected chi connectivity index (χ0v) is 15.3. The van der Waals surface area contributed by atoms with E-state index < -0.39 is 38.9 Å². The van der Waals surface area contributed by atoms with Crippen LogP contribution in [0.5, 0.6) is 0 Å². The lowest BCUT2D eigenvalue weighted by atomic mass is 10.1. The highest BCUT2D eigenvalue weighted by atomic mass is 32.2. The second-order valence-electron chi connectivity index (χ2n) is 6.23. The predicted molar refractivity (Wildman–Crippen MR) is 92.2 cm³/mol. The maximum Gasteiger partial charge on any atom is 0.257 e. The molecule has 0 radical (unpaired) electrons. The minimum Gasteiger partial charge on any atom is -0.336 e. The zero-order chi connectivity index (χ0) is 19.8. The van der Waals surface area contributed by atoms with Crippen LogP contribution in [0.1, 0.15) is 15.9 Å². The number of rotatable bonds is 3. The molecule has 2 aromatic rings. The van der Waals surface area contributed by atoms with Crippen LogP contribution in [0.4, 0.5) is 13.2 Å². The lowest BCUT2D eigenvalue weighted by Gasteiger charge is -2.34. The van der Waals surface area contributed by atoms with Crippen molar-refractivity contribution < 1.29 is 26.4 Å². The fourth-order valence-corrected chi connectivity index (χ4v) is 4.27. The van der Waals surface area contributed by atoms with E-state index in [1.165, 1.54) is 21.3 Å². The van der Waals surface area contributed by atoms with Gasteiger partial charge in [-0.1, -0.05) is 17.7 Å². The first-order valence-corrected chi connectivity index (χ1v) is 9.65. The Hall–Kier alpha value is -2.39. The van der Waals surface area contributed by atoms with Crippen molar-refractivity contribution in [1.82, 2.24) is 9.21 Å². The third kappa shape index (κ3) is 3.70. The van der Waals surface area contributed by atoms with Crippen LogP contribution in [0.25, 0.3) is 0 Å². The van der Waals surface area contributed by atoms with Crippen LogP contribution in [-0.4, -0.2) is 49.7 Å². The molecule has 0 aromatic heterocycles. The molecule has 144 valence electrons. The fourth-order valence-electron chi connectivity index (χ4n) is 2.85. The second-order valence-corrected chi connectivity index (χ2v) is 8.17. The van der Waals surface area contributed by atoms with Crippen LogP contribution in [-0.2, 0) is 10.0 Å². The Balaban J connectivity index is 1.73. The van der Waals surface area contributed by atoms with Crippen LogP contribution in [0.2, 0.25) is 0 Å². The van der Waals surface area contributed by atoms with E-state index in [1.807, 2.05) is 6.92 Å². The molecular weight excluding hydrogens is 381 g/mol. The minimum absolute atomic E-state index is 0.0162. The van der Waals surface area contributed by atoms with Gasteiger partial charge in [-0.15, -0.1) is 0 Å². The number of amides is 1. The van der Waals surface area contributed by atoms with Gasteiger partial charge in [0.25, 0.3) is 5.91 Å². The molecule has 1 fully saturated rings. The summed E-state index contributed by atoms with van der Waals surface area (Å²) in [6.45, 7) is 1.92. The molecule has 1 aliphatic rings. The van der Waals surface area contributed by atoms with Crippen molar-refractivity contribution in [3.63, 3.8) is 0 Å². The number of piperazine rings is 1. The topological polar surface area (TPSA) is 57.7 Å². The molecule has 1 saturated heterocycles. The van der Waals surface area contributed by atoms with Crippen LogP contribution >= 0.6 is 0 Å². The summed E-state index contributed by atoms with van der Waals surface area (Å²) in [4.78, 5) is 13.7. The molecule has 1 amide bonds. The summed E-state index contributed by atoms with van der Waals surface area (Å²) in [6.07, 6.45) is 0. The molecule has 0 N–H and O–H groups in total. The van der Waals surface area contributed by atoms with E-state index in [2.05, 4.69) is 0 Å². The average molecular weight is 398 g/mol. The van der Waals surface area contributed by atoms with Gasteiger partial charge in [-0.2, -0.15) is 4.31 Å². The standard InChI is InChI=1S/C18H17F3N2O3S/c1-12-2-4-13(5-3-12)27(25,26)23-10-8-22(9-11-23)18(24)14-6-7-15(19)17(21)16(14)20/h2-7H,8-11H2,1H3. The molecule has 1 heterocycles. The summed E-state index contributed by atoms with van der Waals surface area (Å²) in [5.41, 5.74) is 0.349. The van der Waals surface area contributed by atoms with Crippen molar-refractivity contribution in [3.8, 4) is 0 Å². The summed E-state index contributed by atoms with van der Waals surface area (Å²) < 4.78 is 66.7. The summed E-state index contributed by atoms with van der Waals surface area (Å²) in [5, 5.41) is 0. The third-order valence-corrected chi connectivity index (χ3v) is 6.36. The molecule has 0 spiro atoms. The molecule has 3 rings (SSSR count). The largest absolute Gasteiger partial charge is 0.336 e. The molecule has 0 aliphatic carbocycles. The van der Waals surface area contributed by atoms with E-state index in [1.54, 1.807) is 12.1 Å². The third-order valence-electron chi connectivity index (χ3n) is 4.45. The lowest BCUT2D eigenvalue weighted by molar-refractivity contribution is 0.0691. The Kier molecular flexibility index (Phi) is 5.25. The second kappa shape index (κ2) is 7.32. The summed E-state index contributed by atoms with van der Waals surface area (Å²) >= 11 is 0. The number of hydrogen-bond acceptors (Lipinski definition) is 3. The Morgan fingerprint density at radius 3 is 2.07 bits per heavy atom. The van der Waals surface area contributed by atoms with Gasteiger partial charge in [0.1, 0.15) is 0 Å². The van der Waals surface area contributed by atoms with E-state index in [0.29, 0.717) is 6.07 Å². The van der Waals surface area contributed by atoms with Crippen molar-refractivity contribution >= 4 is 15.9 Å². The van der Waals surface area contributed by atoms with Crippen LogP contribution in [0.3, 0.4) is 0 Å². The number of halogens is 3. The molecule has 9 heteroatoms. The normalized spacial score (nSPS) is 15.8. The lowest BCUT2D eigenvalue weighted by Crippen LogP contribution is -2.50. The monoisotopic (exact) mass is 398 g/mol. The van der Waals surface area contributed by atoms with Gasteiger partial charge >= 0.3 is 0 Å². The van der Waals surface area contributed by atoms with Crippen molar-refractivity contribution in [2.75, 3.05) is 26.2 Å². The highest BCUT2D eigenvalue weighted by molar-refractivity contribution is 7.89. The molecular formula is C18H17F3N2O3S. The number of aryl methyl sites for hydroxylation is 1. The summed E-state index contributed by atoms with van der Waals surface area (Å²) in [6, 6.07) is 7.98. The van der Waals surface area contributed by atoms with Gasteiger partial charge in [-0.3, -0.25) is 4.79 Å². The highest BCUT2D eigenvalue weighted by Gasteiger charge is 2.31. The van der Waals surface area contributed by atoms with Gasteiger partial charge in [0.2, 0.25) is 10.0 Å². The number of hydrogen-bond donors (Lipinski definition) is 0. The average Bonchev–Trinajstić information content (AvgIpc) is 2.66. The van der Waals surface area contributed by atoms with Gasteiger partial charge in [0.05, 0.1) is 10.5 Å². The first-order valence-electron chi connectivity index (χ1n) is 8.21. The minimum atomic E-state index is -3.70. The van der Waals surface area contributed by atoms with Crippen LogP contribution in [0.15, 0.2) is 41.3 Å². The quantitative estimate of drug-likeness (QED) is 0.747. The van der Waals surface area contributed by atoms with Crippen molar-refractivity contribution in [1.29, 1.82) is 0 Å². The molecule has 2 aromatic carbocycles. The van der Waals surface area contributed by atoms with Gasteiger partial charge in [-0.25, -0.2) is 21.6 Å². The van der Waals surface area contributed by atoms with Crippen molar-refractivity contribution in [2.24, 2.45) is 0 Å². The van der Waals surface area contributed by atoms with Crippen molar-refractivity contribution in [3.05, 3.63) is 65.0 Å². The van der Waals surface area contributed by atoms with E-state index in [4.69, 9.17) is 0 Å². The first kappa shape index (κ1) is 19.4. The molecule has 27 heavy (non-hydrogen) atoms. The maximum atomic E-state index is 13.8. The molecule has 0 bridgehead atoms. The number of benzene rings is 2. The predicted octanol–water partition coefficient (Wildman–Crippen LogP) is 2.56. The molecule has 0 saturated carbocycles. The smallest absolute Gasteiger partial charge is 0.257 e.